The van der Waals surface area contributed by atoms with Crippen molar-refractivity contribution in [2.45, 2.75) is 45.1 Å². The highest BCUT2D eigenvalue weighted by Crippen LogP contribution is 2.20. The van der Waals surface area contributed by atoms with Gasteiger partial charge in [-0.3, -0.25) is 4.79 Å². The van der Waals surface area contributed by atoms with Crippen LogP contribution in [0.15, 0.2) is 0 Å². The van der Waals surface area contributed by atoms with Crippen LogP contribution in [0.25, 0.3) is 0 Å². The lowest BCUT2D eigenvalue weighted by atomic mass is 9.98. The van der Waals surface area contributed by atoms with Gasteiger partial charge < -0.3 is 4.74 Å². The molecule has 1 aliphatic carbocycles. The summed E-state index contributed by atoms with van der Waals surface area (Å²) in [5.41, 5.74) is 0. The van der Waals surface area contributed by atoms with Crippen molar-refractivity contribution in [1.82, 2.24) is 0 Å². The van der Waals surface area contributed by atoms with Gasteiger partial charge in [0.25, 0.3) is 0 Å². The Morgan fingerprint density at radius 1 is 1.36 bits per heavy atom. The molecule has 1 aliphatic rings. The third-order valence-corrected chi connectivity index (χ3v) is 2.07. The predicted molar refractivity (Wildman–Crippen MR) is 42.9 cm³/mol. The second kappa shape index (κ2) is 4.37. The van der Waals surface area contributed by atoms with Crippen LogP contribution in [0.5, 0.6) is 0 Å². The van der Waals surface area contributed by atoms with Gasteiger partial charge in [-0.15, -0.1) is 0 Å². The van der Waals surface area contributed by atoms with E-state index in [2.05, 4.69) is 0 Å². The van der Waals surface area contributed by atoms with E-state index < -0.39 is 0 Å². The van der Waals surface area contributed by atoms with E-state index in [4.69, 9.17) is 4.74 Å². The van der Waals surface area contributed by atoms with Gasteiger partial charge in [0.05, 0.1) is 6.42 Å². The third kappa shape index (κ3) is 2.91. The number of hydrogen-bond donors (Lipinski definition) is 0. The van der Waals surface area contributed by atoms with E-state index >= 15 is 0 Å². The zero-order valence-corrected chi connectivity index (χ0v) is 7.01. The first kappa shape index (κ1) is 8.57. The molecule has 0 amide bonds. The minimum Gasteiger partial charge on any atom is -0.462 e. The second-order valence-corrected chi connectivity index (χ2v) is 2.99. The maximum Gasteiger partial charge on any atom is 0.309 e. The van der Waals surface area contributed by atoms with Gasteiger partial charge in [-0.2, -0.15) is 0 Å². The molecule has 0 atom stereocenters. The van der Waals surface area contributed by atoms with Crippen LogP contribution in [0.3, 0.4) is 0 Å². The molecule has 0 aromatic heterocycles. The van der Waals surface area contributed by atoms with Crippen LogP contribution in [0.2, 0.25) is 0 Å². The molecule has 0 unspecified atom stereocenters. The fourth-order valence-electron chi connectivity index (χ4n) is 1.42. The van der Waals surface area contributed by atoms with Gasteiger partial charge in [-0.05, 0) is 25.7 Å². The molecule has 0 aromatic carbocycles. The lowest BCUT2D eigenvalue weighted by Gasteiger charge is -2.21. The number of esters is 1. The number of carbonyl (C=O) groups is 1. The van der Waals surface area contributed by atoms with E-state index in [1.54, 1.807) is 6.92 Å². The summed E-state index contributed by atoms with van der Waals surface area (Å²) in [4.78, 5) is 10.8. The van der Waals surface area contributed by atoms with Gasteiger partial charge >= 0.3 is 5.97 Å². The summed E-state index contributed by atoms with van der Waals surface area (Å²) in [5.74, 6) is -0.170. The molecule has 0 spiro atoms. The Hall–Kier alpha value is -0.530. The Bertz CT molecular complexity index is 126. The van der Waals surface area contributed by atoms with E-state index in [0.717, 1.165) is 12.8 Å². The Kier molecular flexibility index (Phi) is 3.40. The average Bonchev–Trinajstić information content (AvgIpc) is 2.06. The Labute approximate surface area is 67.9 Å². The van der Waals surface area contributed by atoms with Gasteiger partial charge in [0.15, 0.2) is 0 Å². The van der Waals surface area contributed by atoms with Crippen molar-refractivity contribution >= 4 is 5.97 Å². The SMILES string of the molecule is C[CH]C(=O)OC1CCCCC1. The normalized spacial score (nSPS) is 19.7. The zero-order chi connectivity index (χ0) is 8.10. The van der Waals surface area contributed by atoms with E-state index in [-0.39, 0.29) is 12.1 Å². The molecule has 1 fully saturated rings. The van der Waals surface area contributed by atoms with Crippen molar-refractivity contribution in [2.75, 3.05) is 0 Å². The molecule has 2 heteroatoms. The highest BCUT2D eigenvalue weighted by molar-refractivity contribution is 5.78. The topological polar surface area (TPSA) is 26.3 Å². The summed E-state index contributed by atoms with van der Waals surface area (Å²) in [7, 11) is 0. The molecule has 0 aliphatic heterocycles. The smallest absolute Gasteiger partial charge is 0.309 e. The largest absolute Gasteiger partial charge is 0.462 e. The maximum atomic E-state index is 10.8. The molecule has 2 nitrogen and oxygen atoms in total. The van der Waals surface area contributed by atoms with Crippen LogP contribution >= 0.6 is 0 Å². The lowest BCUT2D eigenvalue weighted by molar-refractivity contribution is -0.146. The fraction of sp³-hybridized carbons (Fsp3) is 0.778. The van der Waals surface area contributed by atoms with Crippen LogP contribution in [0, 0.1) is 6.42 Å². The molecule has 63 valence electrons. The minimum atomic E-state index is -0.170. The summed E-state index contributed by atoms with van der Waals surface area (Å²) in [6, 6.07) is 0. The summed E-state index contributed by atoms with van der Waals surface area (Å²) < 4.78 is 5.15. The van der Waals surface area contributed by atoms with Crippen LogP contribution in [-0.2, 0) is 9.53 Å². The first-order chi connectivity index (χ1) is 5.33. The van der Waals surface area contributed by atoms with Gasteiger partial charge in [0, 0.05) is 0 Å². The predicted octanol–water partition coefficient (Wildman–Crippen LogP) is 2.09. The summed E-state index contributed by atoms with van der Waals surface area (Å²) in [5, 5.41) is 0. The quantitative estimate of drug-likeness (QED) is 0.571. The molecule has 0 aromatic rings. The van der Waals surface area contributed by atoms with Gasteiger partial charge in [-0.25, -0.2) is 0 Å². The van der Waals surface area contributed by atoms with Gasteiger partial charge in [0.2, 0.25) is 0 Å². The van der Waals surface area contributed by atoms with Crippen molar-refractivity contribution < 1.29 is 9.53 Å². The highest BCUT2D eigenvalue weighted by atomic mass is 16.5. The second-order valence-electron chi connectivity index (χ2n) is 2.99. The molecule has 1 rings (SSSR count). The lowest BCUT2D eigenvalue weighted by Crippen LogP contribution is -2.20. The summed E-state index contributed by atoms with van der Waals surface area (Å²) >= 11 is 0. The minimum absolute atomic E-state index is 0.170. The number of carbonyl (C=O) groups excluding carboxylic acids is 1. The van der Waals surface area contributed by atoms with Crippen LogP contribution < -0.4 is 0 Å². The highest BCUT2D eigenvalue weighted by Gasteiger charge is 2.16. The van der Waals surface area contributed by atoms with Crippen molar-refractivity contribution in [2.24, 2.45) is 0 Å². The Morgan fingerprint density at radius 3 is 2.55 bits per heavy atom. The van der Waals surface area contributed by atoms with Crippen molar-refractivity contribution in [3.63, 3.8) is 0 Å². The third-order valence-electron chi connectivity index (χ3n) is 2.07. The summed E-state index contributed by atoms with van der Waals surface area (Å²) in [6.45, 7) is 1.71. The molecule has 1 radical (unpaired) electrons. The van der Waals surface area contributed by atoms with Crippen molar-refractivity contribution in [3.05, 3.63) is 6.42 Å². The molecule has 0 bridgehead atoms. The molecule has 0 N–H and O–H groups in total. The van der Waals surface area contributed by atoms with Crippen molar-refractivity contribution in [1.29, 1.82) is 0 Å². The van der Waals surface area contributed by atoms with Crippen LogP contribution in [-0.4, -0.2) is 12.1 Å². The zero-order valence-electron chi connectivity index (χ0n) is 7.01. The molecular weight excluding hydrogens is 140 g/mol. The molecular formula is C9H15O2. The number of rotatable bonds is 2. The molecule has 11 heavy (non-hydrogen) atoms. The van der Waals surface area contributed by atoms with Crippen molar-refractivity contribution in [3.8, 4) is 0 Å². The standard InChI is InChI=1S/C9H15O2/c1-2-9(10)11-8-6-4-3-5-7-8/h2,8H,3-7H2,1H3. The van der Waals surface area contributed by atoms with E-state index in [9.17, 15) is 4.79 Å². The van der Waals surface area contributed by atoms with Gasteiger partial charge in [0.1, 0.15) is 6.10 Å². The molecule has 1 saturated carbocycles. The maximum absolute atomic E-state index is 10.8. The Morgan fingerprint density at radius 2 is 2.00 bits per heavy atom. The summed E-state index contributed by atoms with van der Waals surface area (Å²) in [6.07, 6.45) is 7.51. The average molecular weight is 155 g/mol. The molecule has 0 saturated heterocycles. The fourth-order valence-corrected chi connectivity index (χ4v) is 1.42. The monoisotopic (exact) mass is 155 g/mol. The van der Waals surface area contributed by atoms with Crippen LogP contribution in [0.4, 0.5) is 0 Å². The van der Waals surface area contributed by atoms with Crippen LogP contribution in [0.1, 0.15) is 39.0 Å². The molecule has 0 heterocycles. The van der Waals surface area contributed by atoms with E-state index in [0.29, 0.717) is 0 Å². The first-order valence-corrected chi connectivity index (χ1v) is 4.33. The van der Waals surface area contributed by atoms with E-state index in [1.807, 2.05) is 0 Å². The van der Waals surface area contributed by atoms with Gasteiger partial charge in [-0.1, -0.05) is 13.3 Å². The Balaban J connectivity index is 2.19. The van der Waals surface area contributed by atoms with E-state index in [1.165, 1.54) is 25.7 Å². The first-order valence-electron chi connectivity index (χ1n) is 4.33. The number of ether oxygens (including phenoxy) is 1. The number of hydrogen-bond acceptors (Lipinski definition) is 2.